The van der Waals surface area contributed by atoms with E-state index in [1.165, 1.54) is 24.9 Å². The molecular weight excluding hydrogens is 1100 g/mol. The Bertz CT molecular complexity index is 3170. The average molecular weight is 1170 g/mol. The number of piperazine rings is 1. The van der Waals surface area contributed by atoms with E-state index in [2.05, 4.69) is 73.0 Å². The topological polar surface area (TPSA) is 173 Å². The third kappa shape index (κ3) is 16.5. The third-order valence-corrected chi connectivity index (χ3v) is 17.6. The van der Waals surface area contributed by atoms with Crippen LogP contribution in [0, 0.1) is 12.8 Å². The number of sulfone groups is 1. The lowest BCUT2D eigenvalue weighted by Crippen LogP contribution is -2.46. The summed E-state index contributed by atoms with van der Waals surface area (Å²) in [5.41, 5.74) is 2.69. The van der Waals surface area contributed by atoms with E-state index < -0.39 is 36.2 Å². The van der Waals surface area contributed by atoms with E-state index in [-0.39, 0.29) is 24.2 Å². The van der Waals surface area contributed by atoms with Crippen molar-refractivity contribution in [2.24, 2.45) is 5.92 Å². The van der Waals surface area contributed by atoms with Crippen molar-refractivity contribution in [1.82, 2.24) is 14.2 Å². The molecule has 2 aliphatic rings. The second-order valence-electron chi connectivity index (χ2n) is 18.8. The molecule has 5 aromatic carbocycles. The molecule has 1 aromatic heterocycles. The Morgan fingerprint density at radius 3 is 1.97 bits per heavy atom. The van der Waals surface area contributed by atoms with Crippen molar-refractivity contribution in [1.29, 1.82) is 0 Å². The van der Waals surface area contributed by atoms with Crippen molar-refractivity contribution < 1.29 is 44.7 Å². The summed E-state index contributed by atoms with van der Waals surface area (Å²) in [6.45, 7) is 14.6. The molecule has 3 heterocycles. The molecule has 420 valence electrons. The lowest BCUT2D eigenvalue weighted by Gasteiger charge is -2.37. The number of aldehydes is 1. The standard InChI is InChI=1S/C46H45ClF3N5O3S3.C8H15NO2.C2H7NO2S/c1-31(2)55-32(3)41(30-56)44(45(55)33-12-14-35(47)15-13-33)34-8-7-9-38(28-34)54-25-23-53(24-26-54)37-18-16-36(17-19-37)52-60-40-20-21-42(43(29-40)61(57,58)46(48,49)50)51-22-27-59-39-10-5-4-6-11-39;1-2-9-5-3-7(4-6-9)8(10)11;1-3-6(2,4)5/h4-21,28-31,51-52H,22-27H2,1-3H3;7H,2-6H2,1H3,(H,10,11);3H,1-2H3. The molecule has 22 heteroatoms. The number of carboxylic acid groups (broad SMARTS) is 1. The highest BCUT2D eigenvalue weighted by Gasteiger charge is 2.48. The lowest BCUT2D eigenvalue weighted by molar-refractivity contribution is -0.143. The van der Waals surface area contributed by atoms with E-state index in [9.17, 15) is 39.6 Å². The molecule has 0 saturated carbocycles. The van der Waals surface area contributed by atoms with Gasteiger partial charge in [0.15, 0.2) is 6.29 Å². The van der Waals surface area contributed by atoms with E-state index in [0.29, 0.717) is 26.9 Å². The van der Waals surface area contributed by atoms with Crippen molar-refractivity contribution in [3.8, 4) is 22.4 Å². The van der Waals surface area contributed by atoms with Crippen LogP contribution in [0.3, 0.4) is 0 Å². The number of aromatic nitrogens is 1. The number of rotatable bonds is 18. The number of piperidine rings is 1. The number of nitrogens with zero attached hydrogens (tertiary/aromatic N) is 4. The number of carboxylic acids is 1. The maximum atomic E-state index is 13.7. The van der Waals surface area contributed by atoms with Gasteiger partial charge in [0, 0.05) is 93.2 Å². The minimum atomic E-state index is -5.61. The van der Waals surface area contributed by atoms with Gasteiger partial charge in [0.2, 0.25) is 10.0 Å². The van der Waals surface area contributed by atoms with Crippen LogP contribution in [0.4, 0.5) is 35.9 Å². The van der Waals surface area contributed by atoms with Crippen molar-refractivity contribution in [2.45, 2.75) is 66.8 Å². The number of likely N-dealkylation sites (tertiary alicyclic amines) is 1. The molecule has 0 unspecified atom stereocenters. The number of alkyl halides is 3. The normalized spacial score (nSPS) is 14.5. The Morgan fingerprint density at radius 1 is 0.808 bits per heavy atom. The van der Waals surface area contributed by atoms with Crippen LogP contribution in [0.25, 0.3) is 22.4 Å². The molecule has 8 rings (SSSR count). The molecule has 0 atom stereocenters. The monoisotopic (exact) mass is 1170 g/mol. The second-order valence-corrected chi connectivity index (χ2v) is 25.2. The van der Waals surface area contributed by atoms with Crippen LogP contribution in [0.2, 0.25) is 5.02 Å². The van der Waals surface area contributed by atoms with Crippen molar-refractivity contribution in [2.75, 3.05) is 91.3 Å². The van der Waals surface area contributed by atoms with Crippen LogP contribution in [0.15, 0.2) is 136 Å². The van der Waals surface area contributed by atoms with Crippen LogP contribution in [-0.2, 0) is 24.7 Å². The largest absolute Gasteiger partial charge is 0.501 e. The molecule has 0 bridgehead atoms. The predicted octanol–water partition coefficient (Wildman–Crippen LogP) is 12.1. The SMILES string of the molecule is CCN1CCC(C(=O)O)CC1.CNS(C)(=O)=O.Cc1c(C=O)c(-c2cccc(N3CCN(c4ccc(NSc5ccc(NCCSc6ccccc6)c(S(=O)(=O)C(F)(F)F)c5)cc4)CC3)c2)c(-c2ccc(Cl)cc2)n1C(C)C. The molecule has 2 aliphatic heterocycles. The first-order valence-electron chi connectivity index (χ1n) is 25.3. The van der Waals surface area contributed by atoms with Gasteiger partial charge in [-0.2, -0.15) is 13.2 Å². The molecule has 78 heavy (non-hydrogen) atoms. The summed E-state index contributed by atoms with van der Waals surface area (Å²) in [6, 6.07) is 37.5. The van der Waals surface area contributed by atoms with Gasteiger partial charge in [-0.05, 0) is 162 Å². The zero-order valence-corrected chi connectivity index (χ0v) is 48.4. The summed E-state index contributed by atoms with van der Waals surface area (Å²) in [5.74, 6) is -0.183. The van der Waals surface area contributed by atoms with Gasteiger partial charge in [-0.1, -0.05) is 61.0 Å². The first-order valence-corrected chi connectivity index (χ1v) is 30.9. The number of carbonyl (C=O) groups excluding carboxylic acids is 1. The van der Waals surface area contributed by atoms with Gasteiger partial charge in [-0.3, -0.25) is 9.59 Å². The summed E-state index contributed by atoms with van der Waals surface area (Å²) in [7, 11) is -7.16. The minimum absolute atomic E-state index is 0.0854. The van der Waals surface area contributed by atoms with E-state index in [1.54, 1.807) is 6.07 Å². The Hall–Kier alpha value is -5.68. The number of hydrogen-bond acceptors (Lipinski definition) is 13. The Labute approximate surface area is 470 Å². The van der Waals surface area contributed by atoms with Gasteiger partial charge in [0.25, 0.3) is 9.84 Å². The Morgan fingerprint density at radius 2 is 1.42 bits per heavy atom. The van der Waals surface area contributed by atoms with Gasteiger partial charge >= 0.3 is 11.5 Å². The molecule has 0 spiro atoms. The van der Waals surface area contributed by atoms with Gasteiger partial charge in [-0.15, -0.1) is 11.8 Å². The molecule has 0 aliphatic carbocycles. The molecule has 6 aromatic rings. The van der Waals surface area contributed by atoms with Crippen LogP contribution in [-0.4, -0.2) is 121 Å². The summed E-state index contributed by atoms with van der Waals surface area (Å²) in [4.78, 5) is 30.6. The van der Waals surface area contributed by atoms with Crippen LogP contribution < -0.4 is 24.6 Å². The van der Waals surface area contributed by atoms with Gasteiger partial charge in [0.05, 0.1) is 23.6 Å². The smallest absolute Gasteiger partial charge is 0.481 e. The van der Waals surface area contributed by atoms with Crippen LogP contribution in [0.5, 0.6) is 0 Å². The highest BCUT2D eigenvalue weighted by atomic mass is 35.5. The summed E-state index contributed by atoms with van der Waals surface area (Å²) in [5, 5.41) is 12.2. The predicted molar refractivity (Wildman–Crippen MR) is 313 cm³/mol. The zero-order chi connectivity index (χ0) is 56.8. The van der Waals surface area contributed by atoms with Crippen molar-refractivity contribution >= 4 is 90.2 Å². The number of carbonyl (C=O) groups is 2. The molecular formula is C56H67ClF3N7O7S4. The number of anilines is 4. The highest BCUT2D eigenvalue weighted by Crippen LogP contribution is 2.42. The summed E-state index contributed by atoms with van der Waals surface area (Å²) >= 11 is 8.80. The highest BCUT2D eigenvalue weighted by molar-refractivity contribution is 8.00. The van der Waals surface area contributed by atoms with E-state index in [4.69, 9.17) is 16.7 Å². The number of hydrogen-bond donors (Lipinski definition) is 4. The number of sulfonamides is 1. The first-order chi connectivity index (χ1) is 37.0. The van der Waals surface area contributed by atoms with E-state index >= 15 is 0 Å². The van der Waals surface area contributed by atoms with Gasteiger partial charge in [-0.25, -0.2) is 21.6 Å². The summed E-state index contributed by atoms with van der Waals surface area (Å²) < 4.78 is 93.7. The number of benzene rings is 5. The van der Waals surface area contributed by atoms with Gasteiger partial charge < -0.3 is 34.4 Å². The fraction of sp³-hybridized carbons (Fsp3) is 0.357. The fourth-order valence-electron chi connectivity index (χ4n) is 9.07. The van der Waals surface area contributed by atoms with E-state index in [0.717, 1.165) is 134 Å². The molecule has 4 N–H and O–H groups in total. The first kappa shape index (κ1) is 61.5. The van der Waals surface area contributed by atoms with Crippen LogP contribution in [0.1, 0.15) is 55.7 Å². The number of halogens is 4. The molecule has 0 amide bonds. The second kappa shape index (κ2) is 28.0. The Balaban J connectivity index is 0.000000495. The summed E-state index contributed by atoms with van der Waals surface area (Å²) in [6.07, 6.45) is 3.71. The number of aliphatic carboxylic acids is 1. The maximum absolute atomic E-state index is 13.7. The van der Waals surface area contributed by atoms with E-state index in [1.807, 2.05) is 91.9 Å². The molecule has 2 saturated heterocycles. The average Bonchev–Trinajstić information content (AvgIpc) is 3.85. The quantitative estimate of drug-likeness (QED) is 0.0277. The lowest BCUT2D eigenvalue weighted by atomic mass is 9.96. The van der Waals surface area contributed by atoms with Gasteiger partial charge in [0.1, 0.15) is 4.90 Å². The fourth-order valence-corrected chi connectivity index (χ4v) is 11.7. The number of thioether (sulfide) groups is 1. The third-order valence-electron chi connectivity index (χ3n) is 13.3. The Kier molecular flexibility index (Phi) is 22.1. The van der Waals surface area contributed by atoms with Crippen LogP contribution >= 0.6 is 35.3 Å². The minimum Gasteiger partial charge on any atom is -0.481 e. The van der Waals surface area contributed by atoms with Crippen molar-refractivity contribution in [3.05, 3.63) is 138 Å². The molecule has 0 radical (unpaired) electrons. The molecule has 14 nitrogen and oxygen atoms in total. The van der Waals surface area contributed by atoms with Crippen molar-refractivity contribution in [3.63, 3.8) is 0 Å². The maximum Gasteiger partial charge on any atom is 0.501 e. The zero-order valence-electron chi connectivity index (χ0n) is 44.4. The number of nitrogens with one attached hydrogen (secondary N) is 3. The molecule has 2 fully saturated rings.